The van der Waals surface area contributed by atoms with E-state index in [2.05, 4.69) is 11.8 Å². The van der Waals surface area contributed by atoms with Gasteiger partial charge in [-0.1, -0.05) is 24.8 Å². The van der Waals surface area contributed by atoms with Crippen LogP contribution in [-0.4, -0.2) is 27.3 Å². The summed E-state index contributed by atoms with van der Waals surface area (Å²) in [5, 5.41) is 0. The lowest BCUT2D eigenvalue weighted by atomic mass is 10.2. The number of nitrogens with zero attached hydrogens (tertiary/aromatic N) is 1. The summed E-state index contributed by atoms with van der Waals surface area (Å²) in [5.74, 6) is 6.05. The molecule has 4 nitrogen and oxygen atoms in total. The zero-order valence-corrected chi connectivity index (χ0v) is 11.1. The fraction of sp³-hybridized carbons (Fsp3) is 0.385. The zero-order chi connectivity index (χ0) is 13.2. The number of sulfonamides is 1. The smallest absolute Gasteiger partial charge is 0.235 e. The quantitative estimate of drug-likeness (QED) is 0.763. The van der Waals surface area contributed by atoms with Gasteiger partial charge in [-0.25, -0.2) is 8.42 Å². The van der Waals surface area contributed by atoms with Gasteiger partial charge < -0.3 is 5.73 Å². The molecule has 0 bridgehead atoms. The van der Waals surface area contributed by atoms with Gasteiger partial charge in [0.1, 0.15) is 0 Å². The second-order valence-electron chi connectivity index (χ2n) is 4.47. The van der Waals surface area contributed by atoms with Crippen LogP contribution >= 0.6 is 0 Å². The molecule has 0 saturated carbocycles. The molecule has 1 aromatic carbocycles. The molecule has 18 heavy (non-hydrogen) atoms. The summed E-state index contributed by atoms with van der Waals surface area (Å²) in [7, 11) is -3.17. The van der Waals surface area contributed by atoms with Gasteiger partial charge >= 0.3 is 0 Å². The third kappa shape index (κ3) is 2.66. The van der Waals surface area contributed by atoms with Crippen LogP contribution in [0.4, 0.5) is 5.69 Å². The van der Waals surface area contributed by atoms with Gasteiger partial charge in [0.25, 0.3) is 0 Å². The Bertz CT molecular complexity index is 599. The van der Waals surface area contributed by atoms with Gasteiger partial charge in [0.05, 0.1) is 18.0 Å². The van der Waals surface area contributed by atoms with E-state index in [4.69, 9.17) is 5.73 Å². The first-order valence-corrected chi connectivity index (χ1v) is 7.43. The van der Waals surface area contributed by atoms with Crippen molar-refractivity contribution in [3.05, 3.63) is 29.8 Å². The SMILES string of the molecule is CC1CN(c2cccc(C#CCN)c2)S(=O)(=O)C1. The van der Waals surface area contributed by atoms with Crippen LogP contribution in [-0.2, 0) is 10.0 Å². The summed E-state index contributed by atoms with van der Waals surface area (Å²) in [6, 6.07) is 7.24. The molecule has 2 rings (SSSR count). The van der Waals surface area contributed by atoms with Crippen molar-refractivity contribution in [1.82, 2.24) is 0 Å². The molecule has 5 heteroatoms. The molecule has 0 radical (unpaired) electrons. The molecule has 0 aliphatic carbocycles. The van der Waals surface area contributed by atoms with Crippen LogP contribution in [0.2, 0.25) is 0 Å². The predicted molar refractivity (Wildman–Crippen MR) is 72.7 cm³/mol. The molecule has 1 fully saturated rings. The molecule has 0 aromatic heterocycles. The van der Waals surface area contributed by atoms with E-state index < -0.39 is 10.0 Å². The van der Waals surface area contributed by atoms with Crippen molar-refractivity contribution in [3.63, 3.8) is 0 Å². The Morgan fingerprint density at radius 2 is 2.28 bits per heavy atom. The highest BCUT2D eigenvalue weighted by Crippen LogP contribution is 2.27. The van der Waals surface area contributed by atoms with Crippen molar-refractivity contribution in [3.8, 4) is 11.8 Å². The molecular formula is C13H16N2O2S. The highest BCUT2D eigenvalue weighted by molar-refractivity contribution is 7.93. The van der Waals surface area contributed by atoms with Gasteiger partial charge in [0.2, 0.25) is 10.0 Å². The Labute approximate surface area is 108 Å². The van der Waals surface area contributed by atoms with E-state index in [1.807, 2.05) is 19.1 Å². The Kier molecular flexibility index (Phi) is 3.60. The minimum Gasteiger partial charge on any atom is -0.320 e. The van der Waals surface area contributed by atoms with E-state index in [1.165, 1.54) is 4.31 Å². The number of nitrogens with two attached hydrogens (primary N) is 1. The van der Waals surface area contributed by atoms with Gasteiger partial charge in [-0.05, 0) is 24.1 Å². The number of rotatable bonds is 1. The second-order valence-corrected chi connectivity index (χ2v) is 6.41. The minimum absolute atomic E-state index is 0.161. The first-order chi connectivity index (χ1) is 8.53. The van der Waals surface area contributed by atoms with Crippen molar-refractivity contribution in [1.29, 1.82) is 0 Å². The second kappa shape index (κ2) is 5.01. The maximum Gasteiger partial charge on any atom is 0.235 e. The summed E-state index contributed by atoms with van der Waals surface area (Å²) in [6.45, 7) is 2.77. The molecule has 1 heterocycles. The molecule has 2 N–H and O–H groups in total. The first-order valence-electron chi connectivity index (χ1n) is 5.82. The molecular weight excluding hydrogens is 248 g/mol. The topological polar surface area (TPSA) is 63.4 Å². The van der Waals surface area contributed by atoms with E-state index in [9.17, 15) is 8.42 Å². The average Bonchev–Trinajstić information content (AvgIpc) is 2.60. The molecule has 1 unspecified atom stereocenters. The third-order valence-electron chi connectivity index (χ3n) is 2.78. The van der Waals surface area contributed by atoms with Gasteiger partial charge in [-0.3, -0.25) is 4.31 Å². The number of hydrogen-bond acceptors (Lipinski definition) is 3. The van der Waals surface area contributed by atoms with Crippen LogP contribution in [0.25, 0.3) is 0 Å². The van der Waals surface area contributed by atoms with Crippen LogP contribution < -0.4 is 10.0 Å². The Balaban J connectivity index is 2.34. The molecule has 1 saturated heterocycles. The molecule has 1 atom stereocenters. The summed E-state index contributed by atoms with van der Waals surface area (Å²) in [6.07, 6.45) is 0. The molecule has 0 spiro atoms. The summed E-state index contributed by atoms with van der Waals surface area (Å²) < 4.78 is 25.4. The highest BCUT2D eigenvalue weighted by Gasteiger charge is 2.33. The van der Waals surface area contributed by atoms with Gasteiger partial charge in [0, 0.05) is 12.1 Å². The van der Waals surface area contributed by atoms with Crippen molar-refractivity contribution >= 4 is 15.7 Å². The monoisotopic (exact) mass is 264 g/mol. The van der Waals surface area contributed by atoms with E-state index in [-0.39, 0.29) is 11.7 Å². The third-order valence-corrected chi connectivity index (χ3v) is 4.80. The standard InChI is InChI=1S/C13H16N2O2S/c1-11-9-15(18(16,17)10-11)13-6-2-4-12(8-13)5-3-7-14/h2,4,6,8,11H,7,9-10,14H2,1H3. The average molecular weight is 264 g/mol. The van der Waals surface area contributed by atoms with Crippen LogP contribution in [0.3, 0.4) is 0 Å². The lowest BCUT2D eigenvalue weighted by Crippen LogP contribution is -2.25. The van der Waals surface area contributed by atoms with Crippen molar-refractivity contribution in [2.24, 2.45) is 11.7 Å². The number of anilines is 1. The lowest BCUT2D eigenvalue weighted by Gasteiger charge is -2.17. The van der Waals surface area contributed by atoms with Crippen molar-refractivity contribution in [2.45, 2.75) is 6.92 Å². The fourth-order valence-electron chi connectivity index (χ4n) is 2.06. The fourth-order valence-corrected chi connectivity index (χ4v) is 3.98. The summed E-state index contributed by atoms with van der Waals surface area (Å²) >= 11 is 0. The van der Waals surface area contributed by atoms with E-state index >= 15 is 0 Å². The van der Waals surface area contributed by atoms with Crippen molar-refractivity contribution in [2.75, 3.05) is 23.1 Å². The summed E-state index contributed by atoms with van der Waals surface area (Å²) in [5.41, 5.74) is 6.79. The van der Waals surface area contributed by atoms with Crippen molar-refractivity contribution < 1.29 is 8.42 Å². The van der Waals surface area contributed by atoms with Gasteiger partial charge in [-0.15, -0.1) is 0 Å². The maximum atomic E-state index is 12.0. The highest BCUT2D eigenvalue weighted by atomic mass is 32.2. The Morgan fingerprint density at radius 1 is 1.50 bits per heavy atom. The molecule has 1 aliphatic heterocycles. The molecule has 1 aromatic rings. The van der Waals surface area contributed by atoms with Crippen LogP contribution in [0, 0.1) is 17.8 Å². The van der Waals surface area contributed by atoms with Gasteiger partial charge in [-0.2, -0.15) is 0 Å². The molecule has 96 valence electrons. The Hall–Kier alpha value is -1.51. The van der Waals surface area contributed by atoms with E-state index in [1.54, 1.807) is 12.1 Å². The minimum atomic E-state index is -3.17. The van der Waals surface area contributed by atoms with Crippen LogP contribution in [0.5, 0.6) is 0 Å². The largest absolute Gasteiger partial charge is 0.320 e. The lowest BCUT2D eigenvalue weighted by molar-refractivity contribution is 0.598. The zero-order valence-electron chi connectivity index (χ0n) is 10.3. The predicted octanol–water partition coefficient (Wildman–Crippen LogP) is 0.783. The summed E-state index contributed by atoms with van der Waals surface area (Å²) in [4.78, 5) is 0. The molecule has 1 aliphatic rings. The van der Waals surface area contributed by atoms with Crippen LogP contribution in [0.15, 0.2) is 24.3 Å². The van der Waals surface area contributed by atoms with Crippen LogP contribution in [0.1, 0.15) is 12.5 Å². The first kappa shape index (κ1) is 12.9. The maximum absolute atomic E-state index is 12.0. The van der Waals surface area contributed by atoms with E-state index in [0.717, 1.165) is 5.56 Å². The number of benzene rings is 1. The van der Waals surface area contributed by atoms with Gasteiger partial charge in [0.15, 0.2) is 0 Å². The number of hydrogen-bond donors (Lipinski definition) is 1. The van der Waals surface area contributed by atoms with E-state index in [0.29, 0.717) is 18.8 Å². The normalized spacial score (nSPS) is 21.4. The Morgan fingerprint density at radius 3 is 2.89 bits per heavy atom. The molecule has 0 amide bonds.